The molecule has 0 saturated heterocycles. The summed E-state index contributed by atoms with van der Waals surface area (Å²) in [4.78, 5) is 25.3. The van der Waals surface area contributed by atoms with Crippen molar-refractivity contribution in [1.29, 1.82) is 0 Å². The average molecular weight is 998 g/mol. The van der Waals surface area contributed by atoms with E-state index in [-0.39, 0.29) is 19.1 Å². The summed E-state index contributed by atoms with van der Waals surface area (Å²) in [5.74, 6) is -0.164. The van der Waals surface area contributed by atoms with Crippen molar-refractivity contribution >= 4 is 13.7 Å². The average Bonchev–Trinajstić information content (AvgIpc) is 3.31. The third kappa shape index (κ3) is 54.8. The summed E-state index contributed by atoms with van der Waals surface area (Å²) in [7, 11) is 1.32. The Labute approximate surface area is 431 Å². The first-order chi connectivity index (χ1) is 33.5. The number of carbonyl (C=O) groups excluding carboxylic acids is 1. The summed E-state index contributed by atoms with van der Waals surface area (Å²) in [6.45, 7) is 4.68. The van der Waals surface area contributed by atoms with Gasteiger partial charge in [0.05, 0.1) is 39.9 Å². The van der Waals surface area contributed by atoms with E-state index in [4.69, 9.17) is 9.05 Å². The topological polar surface area (TPSA) is 108 Å². The number of nitrogens with one attached hydrogen (secondary N) is 1. The van der Waals surface area contributed by atoms with Crippen LogP contribution in [0, 0.1) is 0 Å². The third-order valence-corrected chi connectivity index (χ3v) is 15.2. The molecular weight excluding hydrogens is 876 g/mol. The molecule has 9 heteroatoms. The maximum Gasteiger partial charge on any atom is 0.268 e. The van der Waals surface area contributed by atoms with Gasteiger partial charge in [0.1, 0.15) is 13.2 Å². The van der Waals surface area contributed by atoms with E-state index in [1.165, 1.54) is 250 Å². The number of hydrogen-bond donors (Lipinski definition) is 2. The van der Waals surface area contributed by atoms with E-state index in [9.17, 15) is 19.4 Å². The lowest BCUT2D eigenvalue weighted by Crippen LogP contribution is -2.46. The lowest BCUT2D eigenvalue weighted by atomic mass is 10.0. The Hall–Kier alpha value is -0.760. The van der Waals surface area contributed by atoms with E-state index in [2.05, 4.69) is 31.3 Å². The summed E-state index contributed by atoms with van der Waals surface area (Å²) in [6.07, 6.45) is 64.8. The number of allylic oxidation sites excluding steroid dienone is 2. The van der Waals surface area contributed by atoms with Gasteiger partial charge in [0.2, 0.25) is 5.91 Å². The number of quaternary nitrogens is 1. The normalized spacial score (nSPS) is 13.9. The molecule has 0 aromatic heterocycles. The van der Waals surface area contributed by atoms with Gasteiger partial charge in [0, 0.05) is 6.42 Å². The fraction of sp³-hybridized carbons (Fsp3) is 0.950. The fourth-order valence-corrected chi connectivity index (χ4v) is 10.2. The Morgan fingerprint density at radius 1 is 0.493 bits per heavy atom. The molecule has 3 unspecified atom stereocenters. The van der Waals surface area contributed by atoms with Crippen molar-refractivity contribution in [2.24, 2.45) is 0 Å². The van der Waals surface area contributed by atoms with Gasteiger partial charge in [-0.15, -0.1) is 0 Å². The van der Waals surface area contributed by atoms with Gasteiger partial charge in [-0.1, -0.05) is 283 Å². The lowest BCUT2D eigenvalue weighted by molar-refractivity contribution is -0.870. The van der Waals surface area contributed by atoms with Gasteiger partial charge in [0.15, 0.2) is 0 Å². The second-order valence-electron chi connectivity index (χ2n) is 22.4. The van der Waals surface area contributed by atoms with Gasteiger partial charge >= 0.3 is 0 Å². The van der Waals surface area contributed by atoms with E-state index in [1.807, 2.05) is 21.1 Å². The van der Waals surface area contributed by atoms with Crippen LogP contribution in [0.3, 0.4) is 0 Å². The zero-order valence-corrected chi connectivity index (χ0v) is 47.9. The van der Waals surface area contributed by atoms with Crippen LogP contribution in [-0.4, -0.2) is 68.5 Å². The lowest BCUT2D eigenvalue weighted by Gasteiger charge is -2.30. The first-order valence-electron chi connectivity index (χ1n) is 30.5. The van der Waals surface area contributed by atoms with Gasteiger partial charge in [-0.2, -0.15) is 0 Å². The molecule has 0 radical (unpaired) electrons. The molecule has 0 bridgehead atoms. The molecule has 0 aliphatic heterocycles. The van der Waals surface area contributed by atoms with Gasteiger partial charge in [-0.25, -0.2) is 0 Å². The first kappa shape index (κ1) is 68.2. The predicted octanol–water partition coefficient (Wildman–Crippen LogP) is 18.0. The Bertz CT molecular complexity index is 1130. The number of unbranched alkanes of at least 4 members (excludes halogenated alkanes) is 42. The van der Waals surface area contributed by atoms with E-state index in [1.54, 1.807) is 0 Å². The van der Waals surface area contributed by atoms with Gasteiger partial charge in [0.25, 0.3) is 7.82 Å². The minimum atomic E-state index is -4.55. The minimum absolute atomic E-state index is 0.0147. The zero-order valence-electron chi connectivity index (χ0n) is 47.0. The van der Waals surface area contributed by atoms with Crippen molar-refractivity contribution in [3.63, 3.8) is 0 Å². The molecule has 0 aliphatic carbocycles. The van der Waals surface area contributed by atoms with Crippen molar-refractivity contribution in [1.82, 2.24) is 5.32 Å². The molecule has 8 nitrogen and oxygen atoms in total. The first-order valence-corrected chi connectivity index (χ1v) is 32.0. The van der Waals surface area contributed by atoms with Crippen LogP contribution in [0.25, 0.3) is 0 Å². The third-order valence-electron chi connectivity index (χ3n) is 14.3. The molecule has 0 aromatic carbocycles. The van der Waals surface area contributed by atoms with Crippen molar-refractivity contribution < 1.29 is 32.9 Å². The maximum absolute atomic E-state index is 12.9. The summed E-state index contributed by atoms with van der Waals surface area (Å²) < 4.78 is 23.2. The molecule has 0 heterocycles. The summed E-state index contributed by atoms with van der Waals surface area (Å²) in [6, 6.07) is -0.793. The largest absolute Gasteiger partial charge is 0.756 e. The molecule has 0 aliphatic rings. The summed E-state index contributed by atoms with van der Waals surface area (Å²) in [5.41, 5.74) is 0. The molecule has 1 amide bonds. The number of amides is 1. The summed E-state index contributed by atoms with van der Waals surface area (Å²) in [5, 5.41) is 13.8. The predicted molar refractivity (Wildman–Crippen MR) is 298 cm³/mol. The van der Waals surface area contributed by atoms with Crippen LogP contribution in [-0.2, 0) is 18.4 Å². The number of hydrogen-bond acceptors (Lipinski definition) is 6. The van der Waals surface area contributed by atoms with Crippen LogP contribution >= 0.6 is 7.82 Å². The van der Waals surface area contributed by atoms with E-state index >= 15 is 0 Å². The van der Waals surface area contributed by atoms with Gasteiger partial charge < -0.3 is 28.8 Å². The van der Waals surface area contributed by atoms with Crippen molar-refractivity contribution in [2.75, 3.05) is 40.9 Å². The number of phosphoric ester groups is 1. The van der Waals surface area contributed by atoms with Crippen LogP contribution in [0.1, 0.15) is 316 Å². The van der Waals surface area contributed by atoms with Crippen molar-refractivity contribution in [3.8, 4) is 0 Å². The van der Waals surface area contributed by atoms with Crippen LogP contribution < -0.4 is 10.2 Å². The highest BCUT2D eigenvalue weighted by atomic mass is 31.2. The number of rotatable bonds is 57. The quantitative estimate of drug-likeness (QED) is 0.0272. The zero-order chi connectivity index (χ0) is 50.6. The highest BCUT2D eigenvalue weighted by Crippen LogP contribution is 2.38. The van der Waals surface area contributed by atoms with Crippen LogP contribution in [0.2, 0.25) is 0 Å². The fourth-order valence-electron chi connectivity index (χ4n) is 9.45. The smallest absolute Gasteiger partial charge is 0.268 e. The molecule has 0 rings (SSSR count). The molecule has 0 aromatic rings. The molecule has 0 saturated carbocycles. The number of likely N-dealkylation sites (N-methyl/N-ethyl adjacent to an activating group) is 1. The standard InChI is InChI=1S/C60H121N2O6P/c1-6-8-10-12-14-15-16-17-18-19-20-21-22-23-24-25-26-27-28-29-30-31-32-33-34-35-36-37-38-39-40-41-42-43-44-45-46-47-48-50-52-54-60(64)61-58(59(63)53-51-49-13-11-9-7-2)57-68-69(65,66)67-56-55-62(3,4)5/h19-20,58-59,63H,6-18,21-57H2,1-5H3,(H-,61,64,65,66)/b20-19-. The molecule has 3 atom stereocenters. The van der Waals surface area contributed by atoms with E-state index in [0.29, 0.717) is 23.9 Å². The second kappa shape index (κ2) is 52.1. The SMILES string of the molecule is CCCCCCCCCC/C=C\CCCCCCCCCCCCCCCCCCCCCCCCCCCCCCCC(=O)NC(COP(=O)([O-])OCC[N+](C)(C)C)C(O)CCCCCCCC. The Morgan fingerprint density at radius 2 is 0.797 bits per heavy atom. The highest BCUT2D eigenvalue weighted by molar-refractivity contribution is 7.45. The Kier molecular flexibility index (Phi) is 51.5. The number of phosphoric acid groups is 1. The molecule has 0 fully saturated rings. The summed E-state index contributed by atoms with van der Waals surface area (Å²) >= 11 is 0. The van der Waals surface area contributed by atoms with Gasteiger partial charge in [-0.3, -0.25) is 9.36 Å². The molecule has 412 valence electrons. The van der Waals surface area contributed by atoms with Gasteiger partial charge in [-0.05, 0) is 38.5 Å². The van der Waals surface area contributed by atoms with Crippen molar-refractivity contribution in [2.45, 2.75) is 328 Å². The number of carbonyl (C=O) groups is 1. The maximum atomic E-state index is 12.9. The monoisotopic (exact) mass is 997 g/mol. The van der Waals surface area contributed by atoms with Crippen LogP contribution in [0.5, 0.6) is 0 Å². The molecular formula is C60H121N2O6P. The number of nitrogens with zero attached hydrogens (tertiary/aromatic N) is 1. The Balaban J connectivity index is 3.63. The molecule has 0 spiro atoms. The second-order valence-corrected chi connectivity index (χ2v) is 23.8. The van der Waals surface area contributed by atoms with Crippen molar-refractivity contribution in [3.05, 3.63) is 12.2 Å². The number of aliphatic hydroxyl groups is 1. The number of aliphatic hydroxyl groups excluding tert-OH is 1. The minimum Gasteiger partial charge on any atom is -0.756 e. The van der Waals surface area contributed by atoms with E-state index < -0.39 is 20.0 Å². The van der Waals surface area contributed by atoms with Crippen LogP contribution in [0.4, 0.5) is 0 Å². The highest BCUT2D eigenvalue weighted by Gasteiger charge is 2.24. The molecule has 69 heavy (non-hydrogen) atoms. The van der Waals surface area contributed by atoms with Crippen LogP contribution in [0.15, 0.2) is 12.2 Å². The Morgan fingerprint density at radius 3 is 1.13 bits per heavy atom. The van der Waals surface area contributed by atoms with E-state index in [0.717, 1.165) is 38.5 Å². The molecule has 2 N–H and O–H groups in total.